The first kappa shape index (κ1) is 30.1. The Balaban J connectivity index is 0.000000321. The van der Waals surface area contributed by atoms with E-state index in [-0.39, 0.29) is 24.8 Å². The quantitative estimate of drug-likeness (QED) is 0.334. The summed E-state index contributed by atoms with van der Waals surface area (Å²) in [6.45, 7) is 8.61. The average molecular weight is 532 g/mol. The van der Waals surface area contributed by atoms with Gasteiger partial charge in [-0.2, -0.15) is 0 Å². The molecule has 2 heterocycles. The molecule has 180 valence electrons. The Bertz CT molecular complexity index is 1030. The molecule has 4 aromatic rings. The van der Waals surface area contributed by atoms with E-state index in [1.165, 1.54) is 38.4 Å². The highest BCUT2D eigenvalue weighted by Gasteiger charge is 2.04. The molecular weight excluding hydrogens is 499 g/mol. The molecule has 0 radical (unpaired) electrons. The lowest BCUT2D eigenvalue weighted by molar-refractivity contribution is -0.426. The van der Waals surface area contributed by atoms with Crippen LogP contribution in [0.1, 0.15) is 33.4 Å². The van der Waals surface area contributed by atoms with Crippen LogP contribution in [0.4, 0.5) is 0 Å². The van der Waals surface area contributed by atoms with E-state index in [0.29, 0.717) is 0 Å². The molecule has 0 saturated heterocycles. The monoisotopic (exact) mass is 530 g/mol. The Morgan fingerprint density at radius 2 is 1.29 bits per heavy atom. The van der Waals surface area contributed by atoms with Crippen LogP contribution in [-0.4, -0.2) is 4.98 Å². The fourth-order valence-corrected chi connectivity index (χ4v) is 4.99. The van der Waals surface area contributed by atoms with E-state index < -0.39 is 0 Å². The smallest absolute Gasteiger partial charge is 0.238 e. The fraction of sp³-hybridized carbons (Fsp3) is 0.214. The van der Waals surface area contributed by atoms with E-state index in [2.05, 4.69) is 92.3 Å². The van der Waals surface area contributed by atoms with Crippen molar-refractivity contribution in [1.82, 2.24) is 4.98 Å². The first-order valence-electron chi connectivity index (χ1n) is 10.8. The van der Waals surface area contributed by atoms with Crippen LogP contribution in [0, 0.1) is 27.7 Å². The highest BCUT2D eigenvalue weighted by Crippen LogP contribution is 2.23. The van der Waals surface area contributed by atoms with Crippen molar-refractivity contribution in [1.29, 1.82) is 0 Å². The summed E-state index contributed by atoms with van der Waals surface area (Å²) >= 11 is 3.63. The first-order chi connectivity index (χ1) is 15.5. The van der Waals surface area contributed by atoms with Crippen LogP contribution in [-0.2, 0) is 11.5 Å². The lowest BCUT2D eigenvalue weighted by Crippen LogP contribution is -3.00. The molecule has 0 unspecified atom stereocenters. The molecule has 2 aromatic heterocycles. The molecule has 0 aliphatic rings. The number of nitrogens with zero attached hydrogens (tertiary/aromatic N) is 1. The van der Waals surface area contributed by atoms with Gasteiger partial charge in [0.25, 0.3) is 0 Å². The molecule has 34 heavy (non-hydrogen) atoms. The molecule has 1 N–H and O–H groups in total. The molecule has 0 saturated carbocycles. The third-order valence-corrected chi connectivity index (χ3v) is 7.10. The lowest BCUT2D eigenvalue weighted by atomic mass is 10.1. The largest absolute Gasteiger partial charge is 1.00 e. The van der Waals surface area contributed by atoms with Gasteiger partial charge in [0.15, 0.2) is 6.20 Å². The molecular formula is C28H32Cl2N2S2. The molecule has 0 bridgehead atoms. The van der Waals surface area contributed by atoms with Crippen LogP contribution in [0.3, 0.4) is 0 Å². The van der Waals surface area contributed by atoms with Gasteiger partial charge in [-0.1, -0.05) is 65.4 Å². The van der Waals surface area contributed by atoms with Crippen molar-refractivity contribution in [2.75, 3.05) is 0 Å². The van der Waals surface area contributed by atoms with Gasteiger partial charge in [0.1, 0.15) is 0 Å². The molecule has 4 rings (SSSR count). The number of thioether (sulfide) groups is 2. The molecule has 0 aliphatic carbocycles. The predicted molar refractivity (Wildman–Crippen MR) is 145 cm³/mol. The van der Waals surface area contributed by atoms with E-state index in [1.54, 1.807) is 11.8 Å². The van der Waals surface area contributed by atoms with Crippen LogP contribution in [0.5, 0.6) is 0 Å². The summed E-state index contributed by atoms with van der Waals surface area (Å²) in [4.78, 5) is 7.54. The number of aryl methyl sites for hydroxylation is 4. The Morgan fingerprint density at radius 1 is 0.706 bits per heavy atom. The molecule has 0 amide bonds. The standard InChI is InChI=1S/2C14H15NS.2ClH/c2*1-11-6-7-12(2)13(9-11)10-16-14-5-3-4-8-15-14;;/h2*3-9H,10H2,1-2H3;2*1H. The van der Waals surface area contributed by atoms with Gasteiger partial charge >= 0.3 is 0 Å². The van der Waals surface area contributed by atoms with E-state index in [0.717, 1.165) is 16.5 Å². The molecule has 2 nitrogen and oxygen atoms in total. The zero-order valence-corrected chi connectivity index (χ0v) is 23.3. The van der Waals surface area contributed by atoms with E-state index >= 15 is 0 Å². The molecule has 6 heteroatoms. The van der Waals surface area contributed by atoms with Crippen LogP contribution in [0.15, 0.2) is 95.2 Å². The summed E-state index contributed by atoms with van der Waals surface area (Å²) in [5, 5.41) is 2.30. The van der Waals surface area contributed by atoms with Crippen LogP contribution >= 0.6 is 35.9 Å². The predicted octanol–water partition coefficient (Wildman–Crippen LogP) is 4.83. The number of rotatable bonds is 6. The van der Waals surface area contributed by atoms with Crippen molar-refractivity contribution in [2.24, 2.45) is 0 Å². The van der Waals surface area contributed by atoms with Gasteiger partial charge in [-0.25, -0.2) is 9.97 Å². The topological polar surface area (TPSA) is 27.0 Å². The zero-order chi connectivity index (χ0) is 22.8. The molecule has 2 aromatic carbocycles. The summed E-state index contributed by atoms with van der Waals surface area (Å²) in [6.07, 6.45) is 3.80. The zero-order valence-electron chi connectivity index (χ0n) is 20.0. The number of aromatic nitrogens is 2. The van der Waals surface area contributed by atoms with Gasteiger partial charge in [-0.05, 0) is 68.1 Å². The number of benzene rings is 2. The van der Waals surface area contributed by atoms with Crippen LogP contribution in [0.25, 0.3) is 0 Å². The third-order valence-electron chi connectivity index (χ3n) is 5.09. The second-order valence-corrected chi connectivity index (χ2v) is 9.84. The second-order valence-electron chi connectivity index (χ2n) is 7.83. The third kappa shape index (κ3) is 10.1. The number of hydrogen-bond donors (Lipinski definition) is 0. The van der Waals surface area contributed by atoms with Crippen LogP contribution < -0.4 is 17.4 Å². The number of hydrogen-bond acceptors (Lipinski definition) is 3. The Labute approximate surface area is 225 Å². The average Bonchev–Trinajstić information content (AvgIpc) is 2.82. The highest BCUT2D eigenvalue weighted by atomic mass is 35.5. The highest BCUT2D eigenvalue weighted by molar-refractivity contribution is 7.98. The van der Waals surface area contributed by atoms with Gasteiger partial charge < -0.3 is 12.4 Å². The molecule has 0 aliphatic heterocycles. The van der Waals surface area contributed by atoms with Gasteiger partial charge in [0.05, 0.1) is 5.03 Å². The Morgan fingerprint density at radius 3 is 1.82 bits per heavy atom. The van der Waals surface area contributed by atoms with E-state index in [9.17, 15) is 0 Å². The van der Waals surface area contributed by atoms with E-state index in [1.807, 2.05) is 42.4 Å². The summed E-state index contributed by atoms with van der Waals surface area (Å²) in [7, 11) is 0. The number of nitrogens with one attached hydrogen (secondary N) is 1. The van der Waals surface area contributed by atoms with Crippen molar-refractivity contribution in [3.63, 3.8) is 0 Å². The molecule has 0 atom stereocenters. The summed E-state index contributed by atoms with van der Waals surface area (Å²) in [6, 6.07) is 25.4. The second kappa shape index (κ2) is 15.8. The van der Waals surface area contributed by atoms with Crippen molar-refractivity contribution < 1.29 is 17.4 Å². The molecule has 0 spiro atoms. The Hall–Kier alpha value is -1.98. The summed E-state index contributed by atoms with van der Waals surface area (Å²) < 4.78 is 0. The fourth-order valence-electron chi connectivity index (χ4n) is 3.12. The van der Waals surface area contributed by atoms with Gasteiger partial charge in [0, 0.05) is 29.8 Å². The number of pyridine rings is 2. The normalized spacial score (nSPS) is 9.76. The SMILES string of the molecule is Cc1ccc(C)c(CSc2cccc[nH+]2)c1.Cc1ccc(C)c(CSc2ccccn2)c1.Cl.[Cl-]. The number of halogens is 2. The maximum absolute atomic E-state index is 4.31. The van der Waals surface area contributed by atoms with Crippen molar-refractivity contribution in [3.05, 3.63) is 119 Å². The lowest BCUT2D eigenvalue weighted by Gasteiger charge is -2.06. The molecule has 0 fully saturated rings. The maximum atomic E-state index is 4.31. The maximum Gasteiger partial charge on any atom is 0.238 e. The minimum atomic E-state index is 0. The Kier molecular flexibility index (Phi) is 14.0. The van der Waals surface area contributed by atoms with Crippen molar-refractivity contribution in [2.45, 2.75) is 49.3 Å². The first-order valence-corrected chi connectivity index (χ1v) is 12.7. The van der Waals surface area contributed by atoms with Crippen LogP contribution in [0.2, 0.25) is 0 Å². The van der Waals surface area contributed by atoms with E-state index in [4.69, 9.17) is 0 Å². The minimum absolute atomic E-state index is 0. The van der Waals surface area contributed by atoms with Gasteiger partial charge in [-0.3, -0.25) is 0 Å². The summed E-state index contributed by atoms with van der Waals surface area (Å²) in [5.41, 5.74) is 8.20. The summed E-state index contributed by atoms with van der Waals surface area (Å²) in [5.74, 6) is 2.01. The number of aromatic amines is 1. The van der Waals surface area contributed by atoms with Gasteiger partial charge in [-0.15, -0.1) is 24.2 Å². The van der Waals surface area contributed by atoms with Crippen molar-refractivity contribution >= 4 is 35.9 Å². The minimum Gasteiger partial charge on any atom is -1.00 e. The van der Waals surface area contributed by atoms with Crippen molar-refractivity contribution in [3.8, 4) is 0 Å². The number of H-pyrrole nitrogens is 1. The van der Waals surface area contributed by atoms with Gasteiger partial charge in [0.2, 0.25) is 5.03 Å².